The van der Waals surface area contributed by atoms with Crippen molar-refractivity contribution >= 4 is 28.5 Å². The van der Waals surface area contributed by atoms with Crippen LogP contribution in [0.4, 0.5) is 0 Å². The second kappa shape index (κ2) is 6.40. The Morgan fingerprint density at radius 3 is 2.58 bits per heavy atom. The van der Waals surface area contributed by atoms with Gasteiger partial charge in [0.1, 0.15) is 17.5 Å². The molecule has 1 aromatic carbocycles. The average Bonchev–Trinajstić information content (AvgIpc) is 2.99. The van der Waals surface area contributed by atoms with E-state index in [1.54, 1.807) is 15.9 Å². The third kappa shape index (κ3) is 2.89. The van der Waals surface area contributed by atoms with Gasteiger partial charge >= 0.3 is 0 Å². The van der Waals surface area contributed by atoms with Crippen LogP contribution in [0.1, 0.15) is 44.6 Å². The van der Waals surface area contributed by atoms with E-state index < -0.39 is 5.54 Å². The van der Waals surface area contributed by atoms with E-state index in [2.05, 4.69) is 10.1 Å². The van der Waals surface area contributed by atoms with Gasteiger partial charge in [0.25, 0.3) is 5.56 Å². The summed E-state index contributed by atoms with van der Waals surface area (Å²) in [5.74, 6) is -0.512. The molecule has 0 bridgehead atoms. The van der Waals surface area contributed by atoms with Crippen molar-refractivity contribution in [2.24, 2.45) is 11.1 Å². The Morgan fingerprint density at radius 1 is 1.31 bits per heavy atom. The Bertz CT molecular complexity index is 1070. The number of hydrogen-bond donors (Lipinski definition) is 1. The van der Waals surface area contributed by atoms with E-state index in [0.717, 1.165) is 11.0 Å². The van der Waals surface area contributed by atoms with E-state index in [1.165, 1.54) is 12.5 Å². The van der Waals surface area contributed by atoms with Crippen molar-refractivity contribution in [3.05, 3.63) is 46.6 Å². The largest absolute Gasteiger partial charge is 0.411 e. The Morgan fingerprint density at radius 2 is 1.96 bits per heavy atom. The first kappa shape index (κ1) is 17.8. The highest BCUT2D eigenvalue weighted by Crippen LogP contribution is 2.23. The minimum atomic E-state index is -0.458. The predicted octanol–water partition coefficient (Wildman–Crippen LogP) is 3.07. The van der Waals surface area contributed by atoms with E-state index in [1.807, 2.05) is 45.0 Å². The summed E-state index contributed by atoms with van der Waals surface area (Å²) in [6.45, 7) is 7.62. The maximum absolute atomic E-state index is 13.3. The lowest BCUT2D eigenvalue weighted by molar-refractivity contribution is 0.0971. The zero-order valence-corrected chi connectivity index (χ0v) is 15.3. The molecule has 3 rings (SSSR count). The molecule has 0 radical (unpaired) electrons. The minimum absolute atomic E-state index is 0.110. The number of carbonyl (C=O) groups excluding carboxylic acids is 1. The molecule has 0 aliphatic rings. The second-order valence-corrected chi connectivity index (χ2v) is 7.48. The molecule has 7 heteroatoms. The number of nitrogens with zero attached hydrogens (tertiary/aromatic N) is 4. The topological polar surface area (TPSA) is 89.0 Å². The summed E-state index contributed by atoms with van der Waals surface area (Å²) < 4.78 is 3.38. The van der Waals surface area contributed by atoms with Crippen LogP contribution in [-0.2, 0) is 5.54 Å². The summed E-state index contributed by atoms with van der Waals surface area (Å²) >= 11 is 0. The summed E-state index contributed by atoms with van der Waals surface area (Å²) in [5.41, 5.74) is 1.32. The van der Waals surface area contributed by atoms with Gasteiger partial charge in [0.15, 0.2) is 5.78 Å². The van der Waals surface area contributed by atoms with Gasteiger partial charge in [-0.1, -0.05) is 19.1 Å². The average molecular weight is 354 g/mol. The molecule has 0 aliphatic heterocycles. The van der Waals surface area contributed by atoms with Crippen LogP contribution in [0.2, 0.25) is 0 Å². The first-order valence-electron chi connectivity index (χ1n) is 8.47. The summed E-state index contributed by atoms with van der Waals surface area (Å²) in [5, 5.41) is 11.6. The number of oxime groups is 1. The summed E-state index contributed by atoms with van der Waals surface area (Å²) in [4.78, 5) is 30.2. The standard InChI is InChI=1S/C19H22N4O3/c1-12(10-21-26)9-15(24)16-17-18(25)23(19(2,3)4)14-8-6-5-7-13(14)22(17)11-20-16/h5-8,10-12,26H,9H2,1-4H3/b21-10-. The third-order valence-electron chi connectivity index (χ3n) is 4.32. The van der Waals surface area contributed by atoms with E-state index in [-0.39, 0.29) is 34.9 Å². The monoisotopic (exact) mass is 354 g/mol. The maximum Gasteiger partial charge on any atom is 0.278 e. The minimum Gasteiger partial charge on any atom is -0.411 e. The summed E-state index contributed by atoms with van der Waals surface area (Å²) in [6, 6.07) is 7.57. The number of benzene rings is 1. The molecule has 2 heterocycles. The van der Waals surface area contributed by atoms with Gasteiger partial charge in [0.2, 0.25) is 0 Å². The summed E-state index contributed by atoms with van der Waals surface area (Å²) in [6.07, 6.45) is 2.92. The fraction of sp³-hybridized carbons (Fsp3) is 0.368. The van der Waals surface area contributed by atoms with Crippen molar-refractivity contribution in [2.75, 3.05) is 0 Å². The van der Waals surface area contributed by atoms with Crippen molar-refractivity contribution in [2.45, 2.75) is 39.7 Å². The van der Waals surface area contributed by atoms with E-state index in [4.69, 9.17) is 5.21 Å². The van der Waals surface area contributed by atoms with Gasteiger partial charge < -0.3 is 5.21 Å². The van der Waals surface area contributed by atoms with E-state index in [0.29, 0.717) is 0 Å². The van der Waals surface area contributed by atoms with Crippen LogP contribution >= 0.6 is 0 Å². The van der Waals surface area contributed by atoms with Gasteiger partial charge in [-0.25, -0.2) is 4.98 Å². The molecule has 0 spiro atoms. The highest BCUT2D eigenvalue weighted by Gasteiger charge is 2.25. The number of hydrogen-bond acceptors (Lipinski definition) is 5. The van der Waals surface area contributed by atoms with Crippen LogP contribution in [0, 0.1) is 5.92 Å². The molecule has 0 aliphatic carbocycles. The first-order chi connectivity index (χ1) is 12.3. The fourth-order valence-electron chi connectivity index (χ4n) is 3.23. The number of para-hydroxylation sites is 2. The predicted molar refractivity (Wildman–Crippen MR) is 100 cm³/mol. The van der Waals surface area contributed by atoms with Gasteiger partial charge in [0, 0.05) is 24.1 Å². The molecule has 1 unspecified atom stereocenters. The molecule has 136 valence electrons. The highest BCUT2D eigenvalue weighted by molar-refractivity contribution is 6.02. The fourth-order valence-corrected chi connectivity index (χ4v) is 3.23. The number of Topliss-reactive ketones (excluding diaryl/α,β-unsaturated/α-hetero) is 1. The normalized spacial score (nSPS) is 13.7. The van der Waals surface area contributed by atoms with Crippen LogP contribution in [-0.4, -0.2) is 31.2 Å². The molecular weight excluding hydrogens is 332 g/mol. The Kier molecular flexibility index (Phi) is 4.39. The first-order valence-corrected chi connectivity index (χ1v) is 8.47. The van der Waals surface area contributed by atoms with Crippen LogP contribution in [0.5, 0.6) is 0 Å². The lowest BCUT2D eigenvalue weighted by Crippen LogP contribution is -2.35. The molecule has 1 atom stereocenters. The zero-order valence-electron chi connectivity index (χ0n) is 15.3. The Hall–Kier alpha value is -2.96. The van der Waals surface area contributed by atoms with Crippen LogP contribution in [0.15, 0.2) is 40.5 Å². The third-order valence-corrected chi connectivity index (χ3v) is 4.32. The zero-order chi connectivity index (χ0) is 19.1. The van der Waals surface area contributed by atoms with Crippen molar-refractivity contribution in [3.8, 4) is 0 Å². The van der Waals surface area contributed by atoms with Crippen molar-refractivity contribution in [1.29, 1.82) is 0 Å². The maximum atomic E-state index is 13.3. The van der Waals surface area contributed by atoms with E-state index >= 15 is 0 Å². The van der Waals surface area contributed by atoms with Crippen molar-refractivity contribution in [1.82, 2.24) is 14.0 Å². The molecule has 2 aromatic heterocycles. The molecule has 26 heavy (non-hydrogen) atoms. The van der Waals surface area contributed by atoms with Gasteiger partial charge in [0.05, 0.1) is 11.0 Å². The van der Waals surface area contributed by atoms with Crippen molar-refractivity contribution in [3.63, 3.8) is 0 Å². The SMILES string of the molecule is CC(/C=N\O)CC(=O)c1ncn2c1c(=O)n(C(C)(C)C)c1ccccc12. The quantitative estimate of drug-likeness (QED) is 0.337. The van der Waals surface area contributed by atoms with Crippen LogP contribution in [0.3, 0.4) is 0 Å². The van der Waals surface area contributed by atoms with Gasteiger partial charge in [-0.2, -0.15) is 0 Å². The van der Waals surface area contributed by atoms with Gasteiger partial charge in [-0.3, -0.25) is 18.6 Å². The molecule has 0 amide bonds. The molecule has 1 N–H and O–H groups in total. The molecular formula is C19H22N4O3. The smallest absolute Gasteiger partial charge is 0.278 e. The summed E-state index contributed by atoms with van der Waals surface area (Å²) in [7, 11) is 0. The van der Waals surface area contributed by atoms with Gasteiger partial charge in [-0.15, -0.1) is 5.16 Å². The number of aromatic nitrogens is 3. The lowest BCUT2D eigenvalue weighted by Gasteiger charge is -2.25. The van der Waals surface area contributed by atoms with Crippen LogP contribution < -0.4 is 5.56 Å². The molecule has 0 saturated carbocycles. The number of rotatable bonds is 4. The molecule has 0 saturated heterocycles. The lowest BCUT2D eigenvalue weighted by atomic mass is 10.0. The van der Waals surface area contributed by atoms with Gasteiger partial charge in [-0.05, 0) is 32.9 Å². The Labute approximate surface area is 150 Å². The second-order valence-electron chi connectivity index (χ2n) is 7.48. The number of fused-ring (bicyclic) bond motifs is 3. The van der Waals surface area contributed by atoms with Crippen molar-refractivity contribution < 1.29 is 10.0 Å². The highest BCUT2D eigenvalue weighted by atomic mass is 16.4. The Balaban J connectivity index is 2.31. The molecule has 3 aromatic rings. The number of imidazole rings is 1. The number of ketones is 1. The van der Waals surface area contributed by atoms with Crippen LogP contribution in [0.25, 0.3) is 16.6 Å². The number of carbonyl (C=O) groups is 1. The molecule has 0 fully saturated rings. The van der Waals surface area contributed by atoms with E-state index in [9.17, 15) is 9.59 Å². The molecule has 7 nitrogen and oxygen atoms in total.